The fourth-order valence-electron chi connectivity index (χ4n) is 2.32. The molecule has 1 aromatic rings. The lowest BCUT2D eigenvalue weighted by molar-refractivity contribution is -0.142. The van der Waals surface area contributed by atoms with Crippen LogP contribution in [0.4, 0.5) is 0 Å². The molecule has 0 spiro atoms. The summed E-state index contributed by atoms with van der Waals surface area (Å²) in [5.41, 5.74) is 5.97. The molecule has 0 bridgehead atoms. The Balaban J connectivity index is 2.71. The second-order valence-electron chi connectivity index (χ2n) is 6.38. The Morgan fingerprint density at radius 1 is 1.07 bits per heavy atom. The third kappa shape index (κ3) is 8.25. The van der Waals surface area contributed by atoms with Gasteiger partial charge in [0, 0.05) is 6.42 Å². The van der Waals surface area contributed by atoms with Gasteiger partial charge >= 0.3 is 5.97 Å². The Hall–Kier alpha value is -3.02. The fraction of sp³-hybridized carbons (Fsp3) is 0.444. The smallest absolute Gasteiger partial charge is 0.326 e. The molecule has 29 heavy (non-hydrogen) atoms. The first-order valence-corrected chi connectivity index (χ1v) is 8.84. The molecule has 1 aromatic carbocycles. The van der Waals surface area contributed by atoms with Gasteiger partial charge in [0.2, 0.25) is 17.7 Å². The van der Waals surface area contributed by atoms with Crippen molar-refractivity contribution < 1.29 is 34.5 Å². The number of aliphatic hydroxyl groups excluding tert-OH is 2. The zero-order chi connectivity index (χ0) is 22.0. The number of hydrogen-bond donors (Lipinski definition) is 7. The SMILES string of the molecule is CC(O)C(NC(=O)CNC(=O)C(N)CO)C(=O)NC(Cc1ccccc1)C(=O)O. The summed E-state index contributed by atoms with van der Waals surface area (Å²) < 4.78 is 0. The highest BCUT2D eigenvalue weighted by Gasteiger charge is 2.30. The molecule has 0 fully saturated rings. The zero-order valence-electron chi connectivity index (χ0n) is 15.9. The number of amides is 3. The van der Waals surface area contributed by atoms with Gasteiger partial charge in [0.15, 0.2) is 0 Å². The van der Waals surface area contributed by atoms with E-state index in [1.807, 2.05) is 0 Å². The number of carboxylic acid groups (broad SMARTS) is 1. The van der Waals surface area contributed by atoms with Crippen molar-refractivity contribution in [3.05, 3.63) is 35.9 Å². The summed E-state index contributed by atoms with van der Waals surface area (Å²) in [5.74, 6) is -3.74. The number of rotatable bonds is 11. The number of carbonyl (C=O) groups excluding carboxylic acids is 3. The van der Waals surface area contributed by atoms with E-state index in [1.54, 1.807) is 30.3 Å². The van der Waals surface area contributed by atoms with Crippen LogP contribution in [0.5, 0.6) is 0 Å². The van der Waals surface area contributed by atoms with Crippen molar-refractivity contribution in [2.24, 2.45) is 5.73 Å². The average Bonchev–Trinajstić information content (AvgIpc) is 2.69. The molecule has 0 aliphatic heterocycles. The monoisotopic (exact) mass is 410 g/mol. The minimum Gasteiger partial charge on any atom is -0.480 e. The highest BCUT2D eigenvalue weighted by atomic mass is 16.4. The maximum atomic E-state index is 12.4. The molecule has 0 aromatic heterocycles. The van der Waals surface area contributed by atoms with Crippen molar-refractivity contribution in [1.82, 2.24) is 16.0 Å². The quantitative estimate of drug-likeness (QED) is 0.202. The van der Waals surface area contributed by atoms with Gasteiger partial charge in [0.25, 0.3) is 0 Å². The Bertz CT molecular complexity index is 711. The van der Waals surface area contributed by atoms with Crippen LogP contribution in [0.25, 0.3) is 0 Å². The van der Waals surface area contributed by atoms with Crippen molar-refractivity contribution in [2.75, 3.05) is 13.2 Å². The highest BCUT2D eigenvalue weighted by molar-refractivity contribution is 5.92. The predicted octanol–water partition coefficient (Wildman–Crippen LogP) is -2.90. The molecule has 11 nitrogen and oxygen atoms in total. The first-order chi connectivity index (χ1) is 13.6. The number of aliphatic hydroxyl groups is 2. The molecule has 0 radical (unpaired) electrons. The summed E-state index contributed by atoms with van der Waals surface area (Å²) in [5, 5.41) is 34.6. The van der Waals surface area contributed by atoms with E-state index in [0.29, 0.717) is 5.56 Å². The lowest BCUT2D eigenvalue weighted by Crippen LogP contribution is -2.57. The van der Waals surface area contributed by atoms with Gasteiger partial charge in [-0.15, -0.1) is 0 Å². The van der Waals surface area contributed by atoms with E-state index in [0.717, 1.165) is 0 Å². The van der Waals surface area contributed by atoms with Gasteiger partial charge in [0.1, 0.15) is 18.1 Å². The third-order valence-electron chi connectivity index (χ3n) is 3.94. The molecule has 0 heterocycles. The van der Waals surface area contributed by atoms with Gasteiger partial charge < -0.3 is 37.0 Å². The Kier molecular flexibility index (Phi) is 9.72. The van der Waals surface area contributed by atoms with E-state index in [1.165, 1.54) is 6.92 Å². The van der Waals surface area contributed by atoms with Crippen LogP contribution in [-0.2, 0) is 25.6 Å². The minimum absolute atomic E-state index is 0.0114. The van der Waals surface area contributed by atoms with Gasteiger partial charge in [-0.05, 0) is 12.5 Å². The fourth-order valence-corrected chi connectivity index (χ4v) is 2.32. The van der Waals surface area contributed by atoms with Gasteiger partial charge in [-0.2, -0.15) is 0 Å². The van der Waals surface area contributed by atoms with Crippen LogP contribution < -0.4 is 21.7 Å². The van der Waals surface area contributed by atoms with Crippen LogP contribution in [0.3, 0.4) is 0 Å². The second-order valence-corrected chi connectivity index (χ2v) is 6.38. The normalized spacial score (nSPS) is 14.8. The maximum absolute atomic E-state index is 12.4. The summed E-state index contributed by atoms with van der Waals surface area (Å²) in [6, 6.07) is 4.72. The van der Waals surface area contributed by atoms with E-state index in [4.69, 9.17) is 10.8 Å². The molecule has 0 aliphatic rings. The van der Waals surface area contributed by atoms with Crippen LogP contribution in [0.1, 0.15) is 12.5 Å². The number of nitrogens with two attached hydrogens (primary N) is 1. The lowest BCUT2D eigenvalue weighted by atomic mass is 10.0. The van der Waals surface area contributed by atoms with Crippen LogP contribution in [0.15, 0.2) is 30.3 Å². The highest BCUT2D eigenvalue weighted by Crippen LogP contribution is 2.04. The third-order valence-corrected chi connectivity index (χ3v) is 3.94. The van der Waals surface area contributed by atoms with E-state index >= 15 is 0 Å². The van der Waals surface area contributed by atoms with Crippen molar-refractivity contribution in [3.8, 4) is 0 Å². The summed E-state index contributed by atoms with van der Waals surface area (Å²) in [7, 11) is 0. The Labute approximate surface area is 167 Å². The standard InChI is InChI=1S/C18H26N4O7/c1-10(24)15(22-14(25)8-20-16(26)12(19)9-23)17(27)21-13(18(28)29)7-11-5-3-2-4-6-11/h2-6,10,12-13,15,23-24H,7-9,19H2,1H3,(H,20,26)(H,21,27)(H,22,25)(H,28,29). The Morgan fingerprint density at radius 3 is 2.21 bits per heavy atom. The number of hydrogen-bond acceptors (Lipinski definition) is 7. The second kappa shape index (κ2) is 11.7. The van der Waals surface area contributed by atoms with E-state index in [9.17, 15) is 29.4 Å². The predicted molar refractivity (Wildman–Crippen MR) is 101 cm³/mol. The summed E-state index contributed by atoms with van der Waals surface area (Å²) >= 11 is 0. The van der Waals surface area contributed by atoms with Crippen LogP contribution in [-0.4, -0.2) is 76.4 Å². The average molecular weight is 410 g/mol. The Morgan fingerprint density at radius 2 is 1.69 bits per heavy atom. The molecule has 160 valence electrons. The number of carbonyl (C=O) groups is 4. The van der Waals surface area contributed by atoms with Crippen LogP contribution >= 0.6 is 0 Å². The topological polar surface area (TPSA) is 191 Å². The van der Waals surface area contributed by atoms with Crippen molar-refractivity contribution in [3.63, 3.8) is 0 Å². The van der Waals surface area contributed by atoms with Crippen molar-refractivity contribution in [2.45, 2.75) is 37.6 Å². The molecule has 11 heteroatoms. The molecule has 4 unspecified atom stereocenters. The first kappa shape index (κ1) is 24.0. The maximum Gasteiger partial charge on any atom is 0.326 e. The summed E-state index contributed by atoms with van der Waals surface area (Å²) in [4.78, 5) is 47.3. The molecule has 0 aliphatic carbocycles. The largest absolute Gasteiger partial charge is 0.480 e. The molecule has 8 N–H and O–H groups in total. The number of carboxylic acids is 1. The molecule has 3 amide bonds. The van der Waals surface area contributed by atoms with Crippen molar-refractivity contribution in [1.29, 1.82) is 0 Å². The lowest BCUT2D eigenvalue weighted by Gasteiger charge is -2.23. The van der Waals surface area contributed by atoms with Crippen molar-refractivity contribution >= 4 is 23.7 Å². The molecular weight excluding hydrogens is 384 g/mol. The molecule has 0 saturated heterocycles. The van der Waals surface area contributed by atoms with Crippen LogP contribution in [0, 0.1) is 0 Å². The van der Waals surface area contributed by atoms with Gasteiger partial charge in [-0.3, -0.25) is 14.4 Å². The van der Waals surface area contributed by atoms with Crippen LogP contribution in [0.2, 0.25) is 0 Å². The molecular formula is C18H26N4O7. The van der Waals surface area contributed by atoms with E-state index < -0.39 is 61.1 Å². The number of aliphatic carboxylic acids is 1. The van der Waals surface area contributed by atoms with Gasteiger partial charge in [-0.1, -0.05) is 30.3 Å². The minimum atomic E-state index is -1.44. The van der Waals surface area contributed by atoms with E-state index in [2.05, 4.69) is 16.0 Å². The molecule has 0 saturated carbocycles. The summed E-state index contributed by atoms with van der Waals surface area (Å²) in [6.07, 6.45) is -1.32. The molecule has 4 atom stereocenters. The zero-order valence-corrected chi connectivity index (χ0v) is 15.9. The van der Waals surface area contributed by atoms with E-state index in [-0.39, 0.29) is 6.42 Å². The molecule has 1 rings (SSSR count). The van der Waals surface area contributed by atoms with Gasteiger partial charge in [-0.25, -0.2) is 4.79 Å². The number of benzene rings is 1. The van der Waals surface area contributed by atoms with Gasteiger partial charge in [0.05, 0.1) is 19.3 Å². The number of nitrogens with one attached hydrogen (secondary N) is 3. The first-order valence-electron chi connectivity index (χ1n) is 8.84. The summed E-state index contributed by atoms with van der Waals surface area (Å²) in [6.45, 7) is 0.0946.